The van der Waals surface area contributed by atoms with Gasteiger partial charge in [0.25, 0.3) is 11.8 Å². The first-order valence-electron chi connectivity index (χ1n) is 19.8. The highest BCUT2D eigenvalue weighted by molar-refractivity contribution is 8.17. The molecule has 2 aromatic carbocycles. The highest BCUT2D eigenvalue weighted by atomic mass is 35.5. The van der Waals surface area contributed by atoms with Gasteiger partial charge in [-0.25, -0.2) is 4.21 Å². The molecule has 4 aliphatic rings. The SMILES string of the molecule is C=CC[C@H](C)C[S@](=O)(=NC(=O)c1ccc2c(c1)N(C[C@@H]1CC[C@H]1C(C)(O)C1SCCCS1)C[C@@]1(CCCc3cc(Cl)ccc31)CO2)NC(=O)c1cn(C)nc1OC. The molecule has 0 radical (unpaired) electrons. The molecule has 1 saturated heterocycles. The van der Waals surface area contributed by atoms with Crippen molar-refractivity contribution >= 4 is 62.5 Å². The molecule has 1 aromatic heterocycles. The number of allylic oxidation sites excluding steroid dienone is 1. The third-order valence-corrected chi connectivity index (χ3v) is 17.7. The molecule has 2 aliphatic carbocycles. The number of thioether (sulfide) groups is 2. The van der Waals surface area contributed by atoms with Crippen LogP contribution in [0, 0.1) is 17.8 Å². The Bertz CT molecular complexity index is 2130. The van der Waals surface area contributed by atoms with Crippen molar-refractivity contribution in [2.75, 3.05) is 49.0 Å². The summed E-state index contributed by atoms with van der Waals surface area (Å²) in [5.74, 6) is 1.55. The Morgan fingerprint density at radius 3 is 2.75 bits per heavy atom. The van der Waals surface area contributed by atoms with Crippen LogP contribution in [0.4, 0.5) is 5.69 Å². The molecule has 0 bridgehead atoms. The normalized spacial score (nSPS) is 24.6. The van der Waals surface area contributed by atoms with Crippen molar-refractivity contribution in [3.63, 3.8) is 0 Å². The maximum atomic E-state index is 14.6. The number of hydrogen-bond donors (Lipinski definition) is 2. The summed E-state index contributed by atoms with van der Waals surface area (Å²) >= 11 is 10.2. The molecule has 2 fully saturated rings. The number of fused-ring (bicyclic) bond motifs is 3. The Morgan fingerprint density at radius 1 is 1.25 bits per heavy atom. The summed E-state index contributed by atoms with van der Waals surface area (Å²) in [7, 11) is -0.577. The van der Waals surface area contributed by atoms with Crippen LogP contribution >= 0.6 is 35.1 Å². The van der Waals surface area contributed by atoms with Crippen molar-refractivity contribution < 1.29 is 28.4 Å². The van der Waals surface area contributed by atoms with E-state index in [0.717, 1.165) is 60.7 Å². The van der Waals surface area contributed by atoms with Crippen LogP contribution in [0.15, 0.2) is 59.6 Å². The van der Waals surface area contributed by atoms with Gasteiger partial charge >= 0.3 is 0 Å². The molecule has 11 nitrogen and oxygen atoms in total. The number of halogens is 1. The molecule has 1 saturated carbocycles. The molecule has 57 heavy (non-hydrogen) atoms. The molecule has 3 heterocycles. The van der Waals surface area contributed by atoms with Crippen molar-refractivity contribution in [2.24, 2.45) is 29.2 Å². The fourth-order valence-electron chi connectivity index (χ4n) is 9.09. The van der Waals surface area contributed by atoms with Gasteiger partial charge in [-0.1, -0.05) is 30.7 Å². The molecule has 3 aromatic rings. The van der Waals surface area contributed by atoms with Gasteiger partial charge in [-0.2, -0.15) is 0 Å². The number of nitrogens with zero attached hydrogens (tertiary/aromatic N) is 4. The number of rotatable bonds is 12. The number of amides is 2. The number of carbonyl (C=O) groups is 2. The van der Waals surface area contributed by atoms with Crippen LogP contribution in [0.3, 0.4) is 0 Å². The minimum atomic E-state index is -3.62. The fraction of sp³-hybridized carbons (Fsp3) is 0.548. The van der Waals surface area contributed by atoms with E-state index >= 15 is 0 Å². The van der Waals surface area contributed by atoms with Gasteiger partial charge < -0.3 is 19.5 Å². The van der Waals surface area contributed by atoms with Crippen LogP contribution in [0.1, 0.15) is 84.2 Å². The van der Waals surface area contributed by atoms with E-state index in [1.165, 1.54) is 29.1 Å². The van der Waals surface area contributed by atoms with Gasteiger partial charge in [0, 0.05) is 42.3 Å². The van der Waals surface area contributed by atoms with Gasteiger partial charge in [-0.15, -0.1) is 39.6 Å². The standard InChI is InChI=1S/C42H54ClN5O6S3/c1-6-9-27(2)24-57(52,46-38(50)32-23-47(4)44-39(32)53-5)45-37(49)29-12-16-36-35(21-29)48(22-30-11-14-33(30)41(3,51)40-55-18-8-19-56-40)25-42(26-54-36)17-7-10-28-20-31(43)13-15-34(28)42/h6,12-13,15-16,20-21,23,27,30,33,40,51H,1,7-11,14,17-19,22,24-26H2,2-5H3,(H,45,46,49,50,52)/t27-,30-,33+,41?,42-,57-/m0/s1. The van der Waals surface area contributed by atoms with Gasteiger partial charge in [0.2, 0.25) is 5.88 Å². The van der Waals surface area contributed by atoms with Crippen LogP contribution < -0.4 is 19.1 Å². The van der Waals surface area contributed by atoms with E-state index in [1.807, 2.05) is 43.4 Å². The van der Waals surface area contributed by atoms with Crippen molar-refractivity contribution in [3.8, 4) is 11.6 Å². The van der Waals surface area contributed by atoms with Crippen molar-refractivity contribution in [2.45, 2.75) is 74.4 Å². The first-order chi connectivity index (χ1) is 27.2. The molecular weight excluding hydrogens is 802 g/mol. The summed E-state index contributed by atoms with van der Waals surface area (Å²) in [4.78, 5) is 30.1. The fourth-order valence-corrected chi connectivity index (χ4v) is 14.4. The predicted octanol–water partition coefficient (Wildman–Crippen LogP) is 7.69. The lowest BCUT2D eigenvalue weighted by molar-refractivity contribution is -0.0553. The number of aromatic nitrogens is 2. The van der Waals surface area contributed by atoms with E-state index in [1.54, 1.807) is 31.3 Å². The summed E-state index contributed by atoms with van der Waals surface area (Å²) in [6.07, 6.45) is 9.69. The second-order valence-electron chi connectivity index (χ2n) is 16.4. The van der Waals surface area contributed by atoms with E-state index in [9.17, 15) is 18.9 Å². The van der Waals surface area contributed by atoms with E-state index < -0.39 is 27.3 Å². The molecule has 6 atom stereocenters. The first-order valence-corrected chi connectivity index (χ1v) is 24.0. The first kappa shape index (κ1) is 42.0. The Kier molecular flexibility index (Phi) is 12.7. The smallest absolute Gasteiger partial charge is 0.286 e. The predicted molar refractivity (Wildman–Crippen MR) is 231 cm³/mol. The van der Waals surface area contributed by atoms with E-state index in [0.29, 0.717) is 31.9 Å². The topological polar surface area (TPSA) is 135 Å². The number of carbonyl (C=O) groups excluding carboxylic acids is 2. The van der Waals surface area contributed by atoms with Gasteiger partial charge in [0.05, 0.1) is 35.3 Å². The molecule has 1 unspecified atom stereocenters. The zero-order chi connectivity index (χ0) is 40.5. The second-order valence-corrected chi connectivity index (χ2v) is 21.5. The van der Waals surface area contributed by atoms with Crippen LogP contribution in [0.25, 0.3) is 0 Å². The van der Waals surface area contributed by atoms with Crippen molar-refractivity contribution in [1.82, 2.24) is 14.5 Å². The number of ether oxygens (including phenoxy) is 2. The molecule has 1 spiro atoms. The summed E-state index contributed by atoms with van der Waals surface area (Å²) in [5, 5.41) is 16.9. The van der Waals surface area contributed by atoms with Gasteiger partial charge in [0.1, 0.15) is 21.2 Å². The summed E-state index contributed by atoms with van der Waals surface area (Å²) < 4.78 is 34.9. The number of aliphatic hydroxyl groups is 1. The number of methoxy groups -OCH3 is 1. The monoisotopic (exact) mass is 855 g/mol. The number of aryl methyl sites for hydroxylation is 2. The van der Waals surface area contributed by atoms with E-state index in [-0.39, 0.29) is 50.5 Å². The number of benzene rings is 2. The van der Waals surface area contributed by atoms with E-state index in [2.05, 4.69) is 37.8 Å². The average Bonchev–Trinajstić information content (AvgIpc) is 3.48. The lowest BCUT2D eigenvalue weighted by Gasteiger charge is -2.51. The molecule has 2 aliphatic heterocycles. The van der Waals surface area contributed by atoms with Gasteiger partial charge in [0.15, 0.2) is 0 Å². The summed E-state index contributed by atoms with van der Waals surface area (Å²) in [6, 6.07) is 11.4. The zero-order valence-electron chi connectivity index (χ0n) is 33.2. The molecule has 2 N–H and O–H groups in total. The number of hydrogen-bond acceptors (Lipinski definition) is 10. The lowest BCUT2D eigenvalue weighted by atomic mass is 9.65. The second kappa shape index (κ2) is 17.2. The van der Waals surface area contributed by atoms with Crippen LogP contribution in [0.5, 0.6) is 11.6 Å². The quantitative estimate of drug-likeness (QED) is 0.175. The van der Waals surface area contributed by atoms with E-state index in [4.69, 9.17) is 21.1 Å². The summed E-state index contributed by atoms with van der Waals surface area (Å²) in [6.45, 7) is 9.50. The molecule has 7 rings (SSSR count). The molecule has 2 amide bonds. The highest BCUT2D eigenvalue weighted by Crippen LogP contribution is 2.52. The number of anilines is 1. The van der Waals surface area contributed by atoms with Gasteiger partial charge in [-0.3, -0.25) is 19.0 Å². The lowest BCUT2D eigenvalue weighted by Crippen LogP contribution is -2.55. The van der Waals surface area contributed by atoms with Crippen molar-refractivity contribution in [3.05, 3.63) is 82.5 Å². The highest BCUT2D eigenvalue weighted by Gasteiger charge is 2.50. The molecule has 308 valence electrons. The van der Waals surface area contributed by atoms with Crippen LogP contribution in [-0.4, -0.2) is 85.2 Å². The van der Waals surface area contributed by atoms with Gasteiger partial charge in [-0.05, 0) is 123 Å². The zero-order valence-corrected chi connectivity index (χ0v) is 36.4. The summed E-state index contributed by atoms with van der Waals surface area (Å²) in [5.41, 5.74) is 2.41. The minimum absolute atomic E-state index is 0.0637. The maximum Gasteiger partial charge on any atom is 0.286 e. The Hall–Kier alpha value is -3.17. The average molecular weight is 857 g/mol. The molecule has 15 heteroatoms. The number of nitrogens with one attached hydrogen (secondary N) is 1. The largest absolute Gasteiger partial charge is 0.490 e. The molecular formula is C42H54ClN5O6S3. The Labute approximate surface area is 350 Å². The Balaban J connectivity index is 1.24. The van der Waals surface area contributed by atoms with Crippen LogP contribution in [-0.2, 0) is 28.8 Å². The third-order valence-electron chi connectivity index (χ3n) is 12.0. The van der Waals surface area contributed by atoms with Crippen molar-refractivity contribution in [1.29, 1.82) is 0 Å². The van der Waals surface area contributed by atoms with Crippen LogP contribution in [0.2, 0.25) is 5.02 Å². The minimum Gasteiger partial charge on any atom is -0.490 e. The maximum absolute atomic E-state index is 14.6. The Morgan fingerprint density at radius 2 is 2.04 bits per heavy atom. The third kappa shape index (κ3) is 8.90.